The summed E-state index contributed by atoms with van der Waals surface area (Å²) in [6.45, 7) is 0. The first kappa shape index (κ1) is 10.2. The molecule has 0 spiro atoms. The third kappa shape index (κ3) is 1.57. The zero-order valence-corrected chi connectivity index (χ0v) is 10.1. The Morgan fingerprint density at radius 3 is 2.94 bits per heavy atom. The van der Waals surface area contributed by atoms with Gasteiger partial charge in [0, 0.05) is 10.7 Å². The molecule has 17 heavy (non-hydrogen) atoms. The van der Waals surface area contributed by atoms with Crippen LogP contribution in [0.1, 0.15) is 0 Å². The van der Waals surface area contributed by atoms with Crippen LogP contribution in [0.25, 0.3) is 17.1 Å². The van der Waals surface area contributed by atoms with Crippen LogP contribution in [0.2, 0.25) is 0 Å². The number of hydrogen-bond acceptors (Lipinski definition) is 4. The molecule has 0 saturated heterocycles. The number of rotatable bonds is 2. The average Bonchev–Trinajstić information content (AvgIpc) is 2.94. The molecule has 84 valence electrons. The molecule has 0 saturated carbocycles. The molecule has 0 N–H and O–H groups in total. The normalized spacial score (nSPS) is 10.9. The highest BCUT2D eigenvalue weighted by Crippen LogP contribution is 2.31. The van der Waals surface area contributed by atoms with Crippen LogP contribution in [0.15, 0.2) is 50.8 Å². The smallest absolute Gasteiger partial charge is 0.212 e. The van der Waals surface area contributed by atoms with Gasteiger partial charge in [-0.25, -0.2) is 4.98 Å². The summed E-state index contributed by atoms with van der Waals surface area (Å²) in [7, 11) is 0. The van der Waals surface area contributed by atoms with Crippen molar-refractivity contribution in [3.63, 3.8) is 0 Å². The summed E-state index contributed by atoms with van der Waals surface area (Å²) in [5, 5.41) is 3.03. The molecule has 3 heterocycles. The van der Waals surface area contributed by atoms with Crippen molar-refractivity contribution in [2.45, 2.75) is 0 Å². The number of nitroso groups, excluding NO2 is 1. The maximum absolute atomic E-state index is 10.9. The molecule has 0 aliphatic carbocycles. The Kier molecular flexibility index (Phi) is 2.29. The van der Waals surface area contributed by atoms with Crippen molar-refractivity contribution in [2.24, 2.45) is 5.18 Å². The molecule has 0 unspecified atom stereocenters. The molecule has 0 radical (unpaired) electrons. The molecule has 0 aliphatic rings. The SMILES string of the molecule is O=Nc1c(-c2ccco2)nc2ccc(Br)cn12. The molecule has 3 aromatic heterocycles. The van der Waals surface area contributed by atoms with Gasteiger partial charge < -0.3 is 4.42 Å². The summed E-state index contributed by atoms with van der Waals surface area (Å²) >= 11 is 3.34. The molecule has 0 fully saturated rings. The molecule has 6 heteroatoms. The second-order valence-corrected chi connectivity index (χ2v) is 4.34. The standard InChI is InChI=1S/C11H6BrN3O2/c12-7-3-4-9-13-10(8-2-1-5-17-8)11(14-16)15(9)6-7/h1-6H. The Morgan fingerprint density at radius 1 is 1.35 bits per heavy atom. The first-order chi connectivity index (χ1) is 8.29. The minimum atomic E-state index is 0.233. The van der Waals surface area contributed by atoms with E-state index in [4.69, 9.17) is 4.42 Å². The Labute approximate surface area is 104 Å². The summed E-state index contributed by atoms with van der Waals surface area (Å²) in [4.78, 5) is 15.3. The predicted molar refractivity (Wildman–Crippen MR) is 66.0 cm³/mol. The summed E-state index contributed by atoms with van der Waals surface area (Å²) < 4.78 is 7.70. The molecular weight excluding hydrogens is 286 g/mol. The van der Waals surface area contributed by atoms with Crippen molar-refractivity contribution < 1.29 is 4.42 Å². The first-order valence-electron chi connectivity index (χ1n) is 4.84. The number of aromatic nitrogens is 2. The van der Waals surface area contributed by atoms with Crippen LogP contribution in [0.3, 0.4) is 0 Å². The fraction of sp³-hybridized carbons (Fsp3) is 0. The minimum Gasteiger partial charge on any atom is -0.463 e. The topological polar surface area (TPSA) is 59.9 Å². The van der Waals surface area contributed by atoms with Gasteiger partial charge in [0.1, 0.15) is 5.65 Å². The summed E-state index contributed by atoms with van der Waals surface area (Å²) in [5.41, 5.74) is 1.09. The fourth-order valence-corrected chi connectivity index (χ4v) is 2.01. The number of pyridine rings is 1. The van der Waals surface area contributed by atoms with Gasteiger partial charge in [-0.05, 0) is 45.4 Å². The third-order valence-electron chi connectivity index (χ3n) is 2.40. The van der Waals surface area contributed by atoms with Crippen molar-refractivity contribution in [3.8, 4) is 11.5 Å². The van der Waals surface area contributed by atoms with Crippen LogP contribution in [0.5, 0.6) is 0 Å². The zero-order chi connectivity index (χ0) is 11.8. The molecule has 5 nitrogen and oxygen atoms in total. The number of nitrogens with zero attached hydrogens (tertiary/aromatic N) is 3. The van der Waals surface area contributed by atoms with E-state index in [1.54, 1.807) is 28.8 Å². The van der Waals surface area contributed by atoms with E-state index < -0.39 is 0 Å². The quantitative estimate of drug-likeness (QED) is 0.676. The van der Waals surface area contributed by atoms with E-state index in [0.717, 1.165) is 4.47 Å². The van der Waals surface area contributed by atoms with Gasteiger partial charge in [-0.3, -0.25) is 4.40 Å². The van der Waals surface area contributed by atoms with E-state index >= 15 is 0 Å². The van der Waals surface area contributed by atoms with Gasteiger partial charge in [-0.1, -0.05) is 0 Å². The third-order valence-corrected chi connectivity index (χ3v) is 2.87. The molecule has 0 aromatic carbocycles. The number of halogens is 1. The maximum atomic E-state index is 10.9. The Balaban J connectivity index is 2.36. The molecule has 0 amide bonds. The van der Waals surface area contributed by atoms with Gasteiger partial charge in [0.05, 0.1) is 6.26 Å². The van der Waals surface area contributed by atoms with E-state index in [-0.39, 0.29) is 5.82 Å². The summed E-state index contributed by atoms with van der Waals surface area (Å²) in [5.74, 6) is 0.760. The minimum absolute atomic E-state index is 0.233. The van der Waals surface area contributed by atoms with E-state index in [9.17, 15) is 4.91 Å². The number of furan rings is 1. The lowest BCUT2D eigenvalue weighted by Gasteiger charge is -1.94. The second kappa shape index (κ2) is 3.81. The van der Waals surface area contributed by atoms with Gasteiger partial charge >= 0.3 is 0 Å². The largest absolute Gasteiger partial charge is 0.463 e. The zero-order valence-electron chi connectivity index (χ0n) is 8.50. The van der Waals surface area contributed by atoms with E-state index in [2.05, 4.69) is 26.1 Å². The van der Waals surface area contributed by atoms with Crippen LogP contribution in [-0.2, 0) is 0 Å². The highest BCUT2D eigenvalue weighted by atomic mass is 79.9. The lowest BCUT2D eigenvalue weighted by atomic mass is 10.3. The average molecular weight is 292 g/mol. The van der Waals surface area contributed by atoms with Crippen molar-refractivity contribution >= 4 is 27.4 Å². The first-order valence-corrected chi connectivity index (χ1v) is 5.64. The molecule has 3 aromatic rings. The number of imidazole rings is 1. The maximum Gasteiger partial charge on any atom is 0.212 e. The molecule has 0 bridgehead atoms. The van der Waals surface area contributed by atoms with Crippen molar-refractivity contribution in [1.82, 2.24) is 9.38 Å². The summed E-state index contributed by atoms with van der Waals surface area (Å²) in [6.07, 6.45) is 3.27. The monoisotopic (exact) mass is 291 g/mol. The lowest BCUT2D eigenvalue weighted by Crippen LogP contribution is -1.82. The number of hydrogen-bond donors (Lipinski definition) is 0. The highest BCUT2D eigenvalue weighted by molar-refractivity contribution is 9.10. The molecule has 0 atom stereocenters. The fourth-order valence-electron chi connectivity index (χ4n) is 1.67. The Morgan fingerprint density at radius 2 is 2.24 bits per heavy atom. The van der Waals surface area contributed by atoms with Gasteiger partial charge in [0.2, 0.25) is 5.82 Å². The van der Waals surface area contributed by atoms with Crippen molar-refractivity contribution in [1.29, 1.82) is 0 Å². The van der Waals surface area contributed by atoms with Crippen LogP contribution in [0.4, 0.5) is 5.82 Å². The van der Waals surface area contributed by atoms with E-state index in [0.29, 0.717) is 17.1 Å². The van der Waals surface area contributed by atoms with E-state index in [1.807, 2.05) is 6.07 Å². The van der Waals surface area contributed by atoms with Gasteiger partial charge in [0.15, 0.2) is 11.5 Å². The van der Waals surface area contributed by atoms with Crippen LogP contribution >= 0.6 is 15.9 Å². The molecular formula is C11H6BrN3O2. The van der Waals surface area contributed by atoms with Gasteiger partial charge in [-0.2, -0.15) is 0 Å². The van der Waals surface area contributed by atoms with E-state index in [1.165, 1.54) is 6.26 Å². The van der Waals surface area contributed by atoms with Crippen LogP contribution in [-0.4, -0.2) is 9.38 Å². The molecule has 3 rings (SSSR count). The lowest BCUT2D eigenvalue weighted by molar-refractivity contribution is 0.580. The Hall–Kier alpha value is -1.95. The predicted octanol–water partition coefficient (Wildman–Crippen LogP) is 3.75. The Bertz CT molecular complexity index is 688. The number of fused-ring (bicyclic) bond motifs is 1. The van der Waals surface area contributed by atoms with Crippen LogP contribution < -0.4 is 0 Å². The van der Waals surface area contributed by atoms with Gasteiger partial charge in [-0.15, -0.1) is 4.91 Å². The highest BCUT2D eigenvalue weighted by Gasteiger charge is 2.16. The molecule has 0 aliphatic heterocycles. The van der Waals surface area contributed by atoms with Crippen LogP contribution in [0, 0.1) is 4.91 Å². The van der Waals surface area contributed by atoms with Gasteiger partial charge in [0.25, 0.3) is 0 Å². The van der Waals surface area contributed by atoms with Crippen molar-refractivity contribution in [3.05, 3.63) is 46.1 Å². The summed E-state index contributed by atoms with van der Waals surface area (Å²) in [6, 6.07) is 7.13. The van der Waals surface area contributed by atoms with Crippen molar-refractivity contribution in [2.75, 3.05) is 0 Å². The second-order valence-electron chi connectivity index (χ2n) is 3.43.